The molecule has 1 fully saturated rings. The average Bonchev–Trinajstić information content (AvgIpc) is 3.38. The maximum absolute atomic E-state index is 13.8. The highest BCUT2D eigenvalue weighted by Gasteiger charge is 2.33. The number of benzene rings is 1. The fraction of sp³-hybridized carbons (Fsp3) is 0.385. The number of amides is 1. The summed E-state index contributed by atoms with van der Waals surface area (Å²) >= 11 is 0. The molecule has 1 saturated heterocycles. The zero-order valence-electron chi connectivity index (χ0n) is 20.3. The molecule has 2 aromatic heterocycles. The van der Waals surface area contributed by atoms with Crippen LogP contribution in [0.2, 0.25) is 0 Å². The molecular weight excluding hydrogens is 450 g/mol. The first-order valence-corrected chi connectivity index (χ1v) is 11.7. The molecule has 1 amide bonds. The van der Waals surface area contributed by atoms with Crippen LogP contribution in [0.5, 0.6) is 11.5 Å². The number of nitrogens with zero attached hydrogens (tertiary/aromatic N) is 3. The van der Waals surface area contributed by atoms with Gasteiger partial charge in [-0.15, -0.1) is 0 Å². The van der Waals surface area contributed by atoms with Gasteiger partial charge in [-0.3, -0.25) is 9.69 Å². The SMILES string of the molecule is CCOC(=O)N1CCN([C@H](c2ccc(OC)cc2)c2c(O)cc(C)n(Cc3ccco3)c2=O)CC1. The van der Waals surface area contributed by atoms with Gasteiger partial charge in [0.05, 0.1) is 38.1 Å². The number of aromatic nitrogens is 1. The molecule has 1 atom stereocenters. The second kappa shape index (κ2) is 10.7. The number of rotatable bonds is 7. The van der Waals surface area contributed by atoms with Crippen molar-refractivity contribution in [1.82, 2.24) is 14.4 Å². The lowest BCUT2D eigenvalue weighted by molar-refractivity contribution is 0.0709. The molecular formula is C26H31N3O6. The zero-order chi connectivity index (χ0) is 24.9. The van der Waals surface area contributed by atoms with Crippen LogP contribution in [0.1, 0.15) is 35.5 Å². The Bertz CT molecular complexity index is 1200. The Balaban J connectivity index is 1.74. The quantitative estimate of drug-likeness (QED) is 0.553. The summed E-state index contributed by atoms with van der Waals surface area (Å²) in [5.74, 6) is 1.29. The molecule has 1 aliphatic rings. The van der Waals surface area contributed by atoms with Gasteiger partial charge in [0.1, 0.15) is 17.3 Å². The minimum atomic E-state index is -0.513. The molecule has 3 heterocycles. The van der Waals surface area contributed by atoms with Crippen molar-refractivity contribution < 1.29 is 23.8 Å². The molecule has 186 valence electrons. The van der Waals surface area contributed by atoms with E-state index in [1.165, 1.54) is 0 Å². The molecule has 1 aliphatic heterocycles. The normalized spacial score (nSPS) is 15.1. The Morgan fingerprint density at radius 2 is 1.86 bits per heavy atom. The summed E-state index contributed by atoms with van der Waals surface area (Å²) in [7, 11) is 1.60. The Hall–Kier alpha value is -3.72. The van der Waals surface area contributed by atoms with Crippen molar-refractivity contribution in [2.75, 3.05) is 39.9 Å². The molecule has 0 spiro atoms. The lowest BCUT2D eigenvalue weighted by Gasteiger charge is -2.39. The highest BCUT2D eigenvalue weighted by Crippen LogP contribution is 2.34. The molecule has 0 aliphatic carbocycles. The molecule has 3 aromatic rings. The number of carbonyl (C=O) groups excluding carboxylic acids is 1. The number of ether oxygens (including phenoxy) is 2. The van der Waals surface area contributed by atoms with E-state index in [1.807, 2.05) is 30.3 Å². The average molecular weight is 482 g/mol. The molecule has 0 unspecified atom stereocenters. The minimum Gasteiger partial charge on any atom is -0.507 e. The van der Waals surface area contributed by atoms with E-state index in [9.17, 15) is 14.7 Å². The van der Waals surface area contributed by atoms with Crippen molar-refractivity contribution in [3.63, 3.8) is 0 Å². The zero-order valence-corrected chi connectivity index (χ0v) is 20.3. The van der Waals surface area contributed by atoms with Crippen LogP contribution >= 0.6 is 0 Å². The minimum absolute atomic E-state index is 0.0585. The summed E-state index contributed by atoms with van der Waals surface area (Å²) < 4.78 is 17.5. The fourth-order valence-electron chi connectivity index (χ4n) is 4.50. The van der Waals surface area contributed by atoms with Gasteiger partial charge in [0, 0.05) is 31.9 Å². The maximum atomic E-state index is 13.8. The van der Waals surface area contributed by atoms with E-state index < -0.39 is 6.04 Å². The van der Waals surface area contributed by atoms with Crippen molar-refractivity contribution in [1.29, 1.82) is 0 Å². The Labute approximate surface area is 204 Å². The first-order valence-electron chi connectivity index (χ1n) is 11.7. The highest BCUT2D eigenvalue weighted by molar-refractivity contribution is 5.67. The molecule has 0 radical (unpaired) electrons. The van der Waals surface area contributed by atoms with Crippen molar-refractivity contribution >= 4 is 6.09 Å². The molecule has 35 heavy (non-hydrogen) atoms. The summed E-state index contributed by atoms with van der Waals surface area (Å²) in [4.78, 5) is 29.8. The first kappa shape index (κ1) is 24.4. The van der Waals surface area contributed by atoms with Gasteiger partial charge in [0.2, 0.25) is 0 Å². The molecule has 1 aromatic carbocycles. The van der Waals surface area contributed by atoms with Gasteiger partial charge >= 0.3 is 6.09 Å². The smallest absolute Gasteiger partial charge is 0.409 e. The summed E-state index contributed by atoms with van der Waals surface area (Å²) in [5, 5.41) is 11.0. The molecule has 9 heteroatoms. The van der Waals surface area contributed by atoms with Crippen molar-refractivity contribution in [2.24, 2.45) is 0 Å². The lowest BCUT2D eigenvalue weighted by atomic mass is 9.96. The molecule has 1 N–H and O–H groups in total. The molecule has 0 saturated carbocycles. The van der Waals surface area contributed by atoms with E-state index in [-0.39, 0.29) is 29.5 Å². The number of pyridine rings is 1. The number of methoxy groups -OCH3 is 1. The Morgan fingerprint density at radius 3 is 2.46 bits per heavy atom. The third kappa shape index (κ3) is 5.19. The van der Waals surface area contributed by atoms with Gasteiger partial charge in [0.15, 0.2) is 0 Å². The van der Waals surface area contributed by atoms with Crippen LogP contribution < -0.4 is 10.3 Å². The van der Waals surface area contributed by atoms with E-state index in [2.05, 4.69) is 4.90 Å². The second-order valence-electron chi connectivity index (χ2n) is 8.45. The topological polar surface area (TPSA) is 97.4 Å². The fourth-order valence-corrected chi connectivity index (χ4v) is 4.50. The number of carbonyl (C=O) groups is 1. The summed E-state index contributed by atoms with van der Waals surface area (Å²) in [5.41, 5.74) is 1.48. The largest absolute Gasteiger partial charge is 0.507 e. The molecule has 0 bridgehead atoms. The number of furan rings is 1. The van der Waals surface area contributed by atoms with E-state index in [1.54, 1.807) is 48.8 Å². The van der Waals surface area contributed by atoms with Crippen LogP contribution in [0.15, 0.2) is 57.9 Å². The number of piperazine rings is 1. The lowest BCUT2D eigenvalue weighted by Crippen LogP contribution is -2.50. The number of hydrogen-bond acceptors (Lipinski definition) is 7. The third-order valence-electron chi connectivity index (χ3n) is 6.33. The standard InChI is InChI=1S/C26H31N3O6/c1-4-34-26(32)28-13-11-27(12-14-28)24(19-7-9-20(33-3)10-8-19)23-22(30)16-18(2)29(25(23)31)17-21-6-5-15-35-21/h5-10,15-16,24,30H,4,11-14,17H2,1-3H3/t24-/m1/s1. The number of aromatic hydroxyl groups is 1. The van der Waals surface area contributed by atoms with Crippen LogP contribution in [-0.2, 0) is 11.3 Å². The Kier molecular flexibility index (Phi) is 7.45. The van der Waals surface area contributed by atoms with Crippen LogP contribution in [0.25, 0.3) is 0 Å². The van der Waals surface area contributed by atoms with Gasteiger partial charge in [-0.1, -0.05) is 12.1 Å². The van der Waals surface area contributed by atoms with Crippen LogP contribution in [-0.4, -0.2) is 65.5 Å². The van der Waals surface area contributed by atoms with E-state index >= 15 is 0 Å². The first-order chi connectivity index (χ1) is 16.9. The van der Waals surface area contributed by atoms with Crippen molar-refractivity contribution in [2.45, 2.75) is 26.4 Å². The van der Waals surface area contributed by atoms with E-state index in [0.717, 1.165) is 5.56 Å². The van der Waals surface area contributed by atoms with Gasteiger partial charge in [-0.25, -0.2) is 4.79 Å². The summed E-state index contributed by atoms with van der Waals surface area (Å²) in [6, 6.07) is 12.2. The summed E-state index contributed by atoms with van der Waals surface area (Å²) in [6.45, 7) is 6.09. The highest BCUT2D eigenvalue weighted by atomic mass is 16.6. The van der Waals surface area contributed by atoms with Crippen molar-refractivity contribution in [3.05, 3.63) is 81.7 Å². The van der Waals surface area contributed by atoms with E-state index in [0.29, 0.717) is 50.0 Å². The van der Waals surface area contributed by atoms with Crippen LogP contribution in [0.4, 0.5) is 4.79 Å². The van der Waals surface area contributed by atoms with Gasteiger partial charge in [-0.05, 0) is 49.7 Å². The van der Waals surface area contributed by atoms with Crippen LogP contribution in [0, 0.1) is 6.92 Å². The van der Waals surface area contributed by atoms with E-state index in [4.69, 9.17) is 13.9 Å². The number of aryl methyl sites for hydroxylation is 1. The predicted octanol–water partition coefficient (Wildman–Crippen LogP) is 3.38. The second-order valence-corrected chi connectivity index (χ2v) is 8.45. The van der Waals surface area contributed by atoms with Gasteiger partial charge in [-0.2, -0.15) is 0 Å². The Morgan fingerprint density at radius 1 is 1.14 bits per heavy atom. The molecule has 9 nitrogen and oxygen atoms in total. The van der Waals surface area contributed by atoms with Crippen LogP contribution in [0.3, 0.4) is 0 Å². The van der Waals surface area contributed by atoms with Crippen molar-refractivity contribution in [3.8, 4) is 11.5 Å². The van der Waals surface area contributed by atoms with Gasteiger partial charge < -0.3 is 28.5 Å². The molecule has 4 rings (SSSR count). The van der Waals surface area contributed by atoms with Gasteiger partial charge in [0.25, 0.3) is 5.56 Å². The maximum Gasteiger partial charge on any atom is 0.409 e. The summed E-state index contributed by atoms with van der Waals surface area (Å²) in [6.07, 6.45) is 1.23. The third-order valence-corrected chi connectivity index (χ3v) is 6.33. The monoisotopic (exact) mass is 481 g/mol. The predicted molar refractivity (Wildman–Crippen MR) is 130 cm³/mol. The number of hydrogen-bond donors (Lipinski definition) is 1.